The van der Waals surface area contributed by atoms with Gasteiger partial charge in [-0.05, 0) is 13.3 Å². The first-order valence-corrected chi connectivity index (χ1v) is 7.85. The predicted octanol–water partition coefficient (Wildman–Crippen LogP) is 2.33. The van der Waals surface area contributed by atoms with Crippen LogP contribution in [0.5, 0.6) is 0 Å². The van der Waals surface area contributed by atoms with Gasteiger partial charge in [0.15, 0.2) is 11.5 Å². The van der Waals surface area contributed by atoms with Gasteiger partial charge in [0.25, 0.3) is 5.91 Å². The maximum absolute atomic E-state index is 12.3. The van der Waals surface area contributed by atoms with Crippen LogP contribution >= 0.6 is 0 Å². The molecule has 1 amide bonds. The molecule has 0 spiro atoms. The summed E-state index contributed by atoms with van der Waals surface area (Å²) in [4.78, 5) is 32.4. The summed E-state index contributed by atoms with van der Waals surface area (Å²) >= 11 is 0. The number of nitrogens with one attached hydrogen (secondary N) is 3. The molecule has 3 aromatic heterocycles. The van der Waals surface area contributed by atoms with E-state index in [1.807, 2.05) is 6.92 Å². The number of H-pyrrole nitrogens is 1. The molecule has 0 aliphatic heterocycles. The molecular weight excluding hydrogens is 306 g/mol. The fraction of sp³-hybridized carbons (Fsp3) is 0.312. The Morgan fingerprint density at radius 2 is 2.00 bits per heavy atom. The zero-order valence-corrected chi connectivity index (χ0v) is 13.6. The molecule has 124 valence electrons. The Labute approximate surface area is 139 Å². The number of carbonyl (C=O) groups excluding carboxylic acids is 1. The average molecular weight is 325 g/mol. The van der Waals surface area contributed by atoms with E-state index in [0.29, 0.717) is 34.9 Å². The summed E-state index contributed by atoms with van der Waals surface area (Å²) in [5, 5.41) is 5.92. The number of hydrogen-bond donors (Lipinski definition) is 3. The van der Waals surface area contributed by atoms with Crippen molar-refractivity contribution in [3.05, 3.63) is 36.0 Å². The van der Waals surface area contributed by atoms with E-state index in [4.69, 9.17) is 0 Å². The number of rotatable bonds is 6. The minimum atomic E-state index is -0.156. The summed E-state index contributed by atoms with van der Waals surface area (Å²) in [5.41, 5.74) is 2.40. The van der Waals surface area contributed by atoms with Crippen molar-refractivity contribution in [1.82, 2.24) is 30.2 Å². The molecule has 0 aromatic carbocycles. The lowest BCUT2D eigenvalue weighted by atomic mass is 10.2. The highest BCUT2D eigenvalue weighted by molar-refractivity contribution is 6.04. The first-order valence-electron chi connectivity index (χ1n) is 7.85. The van der Waals surface area contributed by atoms with E-state index in [2.05, 4.69) is 42.5 Å². The Morgan fingerprint density at radius 1 is 1.17 bits per heavy atom. The second-order valence-corrected chi connectivity index (χ2v) is 5.43. The third-order valence-corrected chi connectivity index (χ3v) is 3.48. The van der Waals surface area contributed by atoms with Crippen LogP contribution < -0.4 is 10.6 Å². The average Bonchev–Trinajstić information content (AvgIpc) is 3.00. The van der Waals surface area contributed by atoms with Crippen LogP contribution in [0.4, 0.5) is 11.6 Å². The van der Waals surface area contributed by atoms with Gasteiger partial charge in [0.2, 0.25) is 0 Å². The molecule has 24 heavy (non-hydrogen) atoms. The molecule has 8 nitrogen and oxygen atoms in total. The molecule has 0 radical (unpaired) electrons. The first-order chi connectivity index (χ1) is 11.7. The number of unbranched alkanes of at least 4 members (excludes halogenated alkanes) is 1. The van der Waals surface area contributed by atoms with Gasteiger partial charge >= 0.3 is 0 Å². The number of hydrogen-bond acceptors (Lipinski definition) is 6. The van der Waals surface area contributed by atoms with E-state index in [0.717, 1.165) is 18.5 Å². The highest BCUT2D eigenvalue weighted by Crippen LogP contribution is 2.18. The molecule has 0 atom stereocenters. The van der Waals surface area contributed by atoms with E-state index in [1.165, 1.54) is 0 Å². The van der Waals surface area contributed by atoms with E-state index in [9.17, 15) is 4.79 Å². The van der Waals surface area contributed by atoms with Crippen LogP contribution in [0.2, 0.25) is 0 Å². The molecule has 3 heterocycles. The second kappa shape index (κ2) is 7.03. The number of aromatic amines is 1. The Hall–Kier alpha value is -3.03. The van der Waals surface area contributed by atoms with E-state index >= 15 is 0 Å². The topological polar surface area (TPSA) is 108 Å². The van der Waals surface area contributed by atoms with Crippen molar-refractivity contribution in [2.24, 2.45) is 0 Å². The molecule has 3 rings (SSSR count). The third-order valence-electron chi connectivity index (χ3n) is 3.48. The molecule has 0 bridgehead atoms. The Balaban J connectivity index is 1.82. The van der Waals surface area contributed by atoms with E-state index < -0.39 is 0 Å². The van der Waals surface area contributed by atoms with Crippen LogP contribution in [0.15, 0.2) is 24.8 Å². The molecule has 0 saturated carbocycles. The van der Waals surface area contributed by atoms with Gasteiger partial charge in [0, 0.05) is 12.7 Å². The number of amides is 1. The van der Waals surface area contributed by atoms with Crippen molar-refractivity contribution >= 4 is 28.7 Å². The highest BCUT2D eigenvalue weighted by atomic mass is 16.1. The van der Waals surface area contributed by atoms with Crippen molar-refractivity contribution < 1.29 is 4.79 Å². The van der Waals surface area contributed by atoms with E-state index in [-0.39, 0.29) is 5.91 Å². The third kappa shape index (κ3) is 3.48. The van der Waals surface area contributed by atoms with Crippen LogP contribution in [-0.2, 0) is 0 Å². The number of aryl methyl sites for hydroxylation is 1. The number of aromatic nitrogens is 5. The maximum atomic E-state index is 12.3. The lowest BCUT2D eigenvalue weighted by molar-refractivity contribution is 0.0954. The fourth-order valence-corrected chi connectivity index (χ4v) is 2.19. The highest BCUT2D eigenvalue weighted by Gasteiger charge is 2.14. The number of anilines is 2. The van der Waals surface area contributed by atoms with Gasteiger partial charge < -0.3 is 15.6 Å². The maximum Gasteiger partial charge on any atom is 0.255 e. The van der Waals surface area contributed by atoms with Crippen LogP contribution in [0.1, 0.15) is 35.8 Å². The summed E-state index contributed by atoms with van der Waals surface area (Å²) in [6.45, 7) is 4.59. The van der Waals surface area contributed by atoms with Gasteiger partial charge in [-0.15, -0.1) is 0 Å². The molecule has 0 aliphatic carbocycles. The molecule has 3 N–H and O–H groups in total. The van der Waals surface area contributed by atoms with Crippen molar-refractivity contribution in [3.8, 4) is 0 Å². The number of carbonyl (C=O) groups is 1. The lowest BCUT2D eigenvalue weighted by Crippen LogP contribution is -2.24. The quantitative estimate of drug-likeness (QED) is 0.600. The largest absolute Gasteiger partial charge is 0.352 e. The fourth-order valence-electron chi connectivity index (χ4n) is 2.19. The van der Waals surface area contributed by atoms with Crippen molar-refractivity contribution in [2.75, 3.05) is 11.9 Å². The van der Waals surface area contributed by atoms with Crippen LogP contribution in [0, 0.1) is 6.92 Å². The van der Waals surface area contributed by atoms with E-state index in [1.54, 1.807) is 24.8 Å². The minimum absolute atomic E-state index is 0.156. The molecule has 0 fully saturated rings. The lowest BCUT2D eigenvalue weighted by Gasteiger charge is -2.05. The minimum Gasteiger partial charge on any atom is -0.352 e. The van der Waals surface area contributed by atoms with Gasteiger partial charge in [-0.25, -0.2) is 15.0 Å². The Morgan fingerprint density at radius 3 is 2.75 bits per heavy atom. The van der Waals surface area contributed by atoms with Gasteiger partial charge in [-0.3, -0.25) is 9.78 Å². The molecular formula is C16H19N7O. The molecule has 0 aliphatic rings. The number of nitrogens with zero attached hydrogens (tertiary/aromatic N) is 4. The summed E-state index contributed by atoms with van der Waals surface area (Å²) < 4.78 is 0. The van der Waals surface area contributed by atoms with Gasteiger partial charge in [-0.2, -0.15) is 0 Å². The smallest absolute Gasteiger partial charge is 0.255 e. The van der Waals surface area contributed by atoms with Crippen molar-refractivity contribution in [2.45, 2.75) is 26.7 Å². The van der Waals surface area contributed by atoms with Gasteiger partial charge in [-0.1, -0.05) is 13.3 Å². The predicted molar refractivity (Wildman–Crippen MR) is 91.2 cm³/mol. The van der Waals surface area contributed by atoms with Gasteiger partial charge in [0.1, 0.15) is 11.3 Å². The van der Waals surface area contributed by atoms with Crippen LogP contribution in [-0.4, -0.2) is 37.4 Å². The zero-order valence-electron chi connectivity index (χ0n) is 13.6. The molecule has 0 saturated heterocycles. The standard InChI is InChI=1S/C16H19N7O/c1-3-4-5-17-16(24)11-7-20-15-14(11)23-13(9-21-15)22-12-8-18-10(2)6-19-12/h6-9H,3-5H2,1-2H3,(H,17,24)(H,20,21)(H,19,22,23). The molecule has 8 heteroatoms. The monoisotopic (exact) mass is 325 g/mol. The Bertz CT molecular complexity index is 841. The van der Waals surface area contributed by atoms with Gasteiger partial charge in [0.05, 0.1) is 29.8 Å². The van der Waals surface area contributed by atoms with Crippen molar-refractivity contribution in [3.63, 3.8) is 0 Å². The summed E-state index contributed by atoms with van der Waals surface area (Å²) in [5.74, 6) is 0.915. The van der Waals surface area contributed by atoms with Crippen LogP contribution in [0.25, 0.3) is 11.2 Å². The van der Waals surface area contributed by atoms with Crippen molar-refractivity contribution in [1.29, 1.82) is 0 Å². The normalized spacial score (nSPS) is 10.8. The Kier molecular flexibility index (Phi) is 4.64. The zero-order chi connectivity index (χ0) is 16.9. The van der Waals surface area contributed by atoms with Crippen LogP contribution in [0.3, 0.4) is 0 Å². The second-order valence-electron chi connectivity index (χ2n) is 5.43. The first kappa shape index (κ1) is 15.9. The molecule has 3 aromatic rings. The molecule has 0 unspecified atom stereocenters. The summed E-state index contributed by atoms with van der Waals surface area (Å²) in [6.07, 6.45) is 8.47. The SMILES string of the molecule is CCCCNC(=O)c1c[nH]c2ncc(Nc3cnc(C)cn3)nc12. The number of fused-ring (bicyclic) bond motifs is 1. The summed E-state index contributed by atoms with van der Waals surface area (Å²) in [6, 6.07) is 0. The summed E-state index contributed by atoms with van der Waals surface area (Å²) in [7, 11) is 0.